The van der Waals surface area contributed by atoms with E-state index in [1.54, 1.807) is 6.20 Å². The maximum Gasteiger partial charge on any atom is 0.162 e. The van der Waals surface area contributed by atoms with Gasteiger partial charge in [0.05, 0.1) is 0 Å². The molecule has 3 rings (SSSR count). The summed E-state index contributed by atoms with van der Waals surface area (Å²) >= 11 is 0. The Hall–Kier alpha value is -2.16. The second-order valence-corrected chi connectivity index (χ2v) is 2.98. The van der Waals surface area contributed by atoms with E-state index in [-0.39, 0.29) is 0 Å². The summed E-state index contributed by atoms with van der Waals surface area (Å²) in [6.45, 7) is 0. The van der Waals surface area contributed by atoms with E-state index in [0.717, 1.165) is 11.3 Å². The molecule has 1 aliphatic rings. The fraction of sp³-hybridized carbons (Fsp3) is 0. The first-order chi connectivity index (χ1) is 7.47. The molecule has 1 aliphatic heterocycles. The van der Waals surface area contributed by atoms with Crippen molar-refractivity contribution in [1.29, 1.82) is 0 Å². The van der Waals surface area contributed by atoms with E-state index >= 15 is 0 Å². The van der Waals surface area contributed by atoms with Gasteiger partial charge in [-0.2, -0.15) is 0 Å². The van der Waals surface area contributed by atoms with E-state index in [1.165, 1.54) is 0 Å². The van der Waals surface area contributed by atoms with Crippen LogP contribution in [0.1, 0.15) is 5.56 Å². The molecule has 15 heavy (non-hydrogen) atoms. The predicted molar refractivity (Wildman–Crippen MR) is 60.0 cm³/mol. The quantitative estimate of drug-likeness (QED) is 0.685. The zero-order valence-corrected chi connectivity index (χ0v) is 8.18. The topological polar surface area (TPSA) is 37.0 Å². The second-order valence-electron chi connectivity index (χ2n) is 2.98. The lowest BCUT2D eigenvalue weighted by Crippen LogP contribution is -2.13. The highest BCUT2D eigenvalue weighted by molar-refractivity contribution is 5.57. The Kier molecular flexibility index (Phi) is 3.07. The van der Waals surface area contributed by atoms with Gasteiger partial charge < -0.3 is 9.82 Å². The number of benzene rings is 1. The summed E-state index contributed by atoms with van der Waals surface area (Å²) in [6.07, 6.45) is 7.49. The first kappa shape index (κ1) is 9.40. The Balaban J connectivity index is 0.000000144. The summed E-state index contributed by atoms with van der Waals surface area (Å²) in [5.41, 5.74) is 3.77. The monoisotopic (exact) mass is 200 g/mol. The maximum atomic E-state index is 5.09. The van der Waals surface area contributed by atoms with Gasteiger partial charge in [-0.05, 0) is 24.3 Å². The highest BCUT2D eigenvalue weighted by Crippen LogP contribution is 2.20. The van der Waals surface area contributed by atoms with Crippen molar-refractivity contribution in [3.8, 4) is 5.75 Å². The van der Waals surface area contributed by atoms with Gasteiger partial charge in [-0.15, -0.1) is 0 Å². The number of rotatable bonds is 0. The van der Waals surface area contributed by atoms with Gasteiger partial charge in [-0.1, -0.05) is 18.2 Å². The van der Waals surface area contributed by atoms with Crippen LogP contribution in [0.15, 0.2) is 55.0 Å². The molecule has 0 saturated carbocycles. The van der Waals surface area contributed by atoms with Gasteiger partial charge in [-0.3, -0.25) is 0 Å². The molecule has 1 aromatic carbocycles. The number of hydrogen-bond donors (Lipinski definition) is 2. The molecule has 76 valence electrons. The molecule has 1 aromatic heterocycles. The molecule has 0 unspecified atom stereocenters. The van der Waals surface area contributed by atoms with E-state index in [4.69, 9.17) is 4.84 Å². The van der Waals surface area contributed by atoms with Gasteiger partial charge in [0.2, 0.25) is 0 Å². The molecular formula is C12H12N2O. The molecule has 3 heteroatoms. The van der Waals surface area contributed by atoms with E-state index in [9.17, 15) is 0 Å². The first-order valence-corrected chi connectivity index (χ1v) is 4.72. The third-order valence-electron chi connectivity index (χ3n) is 1.91. The van der Waals surface area contributed by atoms with Crippen molar-refractivity contribution in [3.63, 3.8) is 0 Å². The summed E-state index contributed by atoms with van der Waals surface area (Å²) in [5, 5.41) is 0. The van der Waals surface area contributed by atoms with Crippen LogP contribution in [0, 0.1) is 0 Å². The number of hydrogen-bond acceptors (Lipinski definition) is 2. The van der Waals surface area contributed by atoms with Crippen LogP contribution in [-0.4, -0.2) is 4.98 Å². The van der Waals surface area contributed by atoms with E-state index < -0.39 is 0 Å². The van der Waals surface area contributed by atoms with E-state index in [1.807, 2.05) is 54.9 Å². The van der Waals surface area contributed by atoms with Crippen LogP contribution in [0.4, 0.5) is 0 Å². The molecular weight excluding hydrogens is 188 g/mol. The van der Waals surface area contributed by atoms with Gasteiger partial charge in [0.15, 0.2) is 5.75 Å². The number of hydroxylamine groups is 1. The minimum atomic E-state index is 0.880. The van der Waals surface area contributed by atoms with Crippen molar-refractivity contribution in [1.82, 2.24) is 10.5 Å². The largest absolute Gasteiger partial charge is 0.382 e. The smallest absolute Gasteiger partial charge is 0.162 e. The molecule has 2 N–H and O–H groups in total. The standard InChI is InChI=1S/C8H7NO.C4H5N/c1-2-4-8-7(3-1)5-6-9-10-8;1-2-4-5-3-1/h1-6,9H;1-5H. The Morgan fingerprint density at radius 1 is 0.933 bits per heavy atom. The number of aromatic nitrogens is 1. The lowest BCUT2D eigenvalue weighted by molar-refractivity contribution is 0.239. The summed E-state index contributed by atoms with van der Waals surface area (Å²) < 4.78 is 0. The van der Waals surface area contributed by atoms with E-state index in [2.05, 4.69) is 10.5 Å². The summed E-state index contributed by atoms with van der Waals surface area (Å²) in [4.78, 5) is 7.95. The summed E-state index contributed by atoms with van der Waals surface area (Å²) in [6, 6.07) is 11.7. The van der Waals surface area contributed by atoms with Crippen LogP contribution in [0.25, 0.3) is 6.08 Å². The first-order valence-electron chi connectivity index (χ1n) is 4.72. The average molecular weight is 200 g/mol. The molecule has 2 heterocycles. The Morgan fingerprint density at radius 2 is 1.73 bits per heavy atom. The van der Waals surface area contributed by atoms with Gasteiger partial charge in [0, 0.05) is 24.2 Å². The molecule has 0 amide bonds. The Labute approximate surface area is 88.4 Å². The van der Waals surface area contributed by atoms with Gasteiger partial charge in [0.25, 0.3) is 0 Å². The molecule has 3 nitrogen and oxygen atoms in total. The van der Waals surface area contributed by atoms with E-state index in [0.29, 0.717) is 0 Å². The predicted octanol–water partition coefficient (Wildman–Crippen LogP) is 2.57. The maximum absolute atomic E-state index is 5.09. The van der Waals surface area contributed by atoms with Crippen LogP contribution in [-0.2, 0) is 0 Å². The molecule has 2 aromatic rings. The molecule has 0 saturated heterocycles. The van der Waals surface area contributed by atoms with Crippen molar-refractivity contribution < 1.29 is 4.84 Å². The summed E-state index contributed by atoms with van der Waals surface area (Å²) in [7, 11) is 0. The zero-order chi connectivity index (χ0) is 10.3. The van der Waals surface area contributed by atoms with Crippen molar-refractivity contribution in [2.24, 2.45) is 0 Å². The zero-order valence-electron chi connectivity index (χ0n) is 8.18. The Morgan fingerprint density at radius 3 is 2.40 bits per heavy atom. The summed E-state index contributed by atoms with van der Waals surface area (Å²) in [5.74, 6) is 0.880. The van der Waals surface area contributed by atoms with Gasteiger partial charge in [-0.25, -0.2) is 5.48 Å². The van der Waals surface area contributed by atoms with Crippen LogP contribution in [0.2, 0.25) is 0 Å². The third kappa shape index (κ3) is 2.64. The Bertz CT molecular complexity index is 404. The van der Waals surface area contributed by atoms with Crippen LogP contribution in [0.3, 0.4) is 0 Å². The van der Waals surface area contributed by atoms with Crippen molar-refractivity contribution >= 4 is 6.08 Å². The van der Waals surface area contributed by atoms with Crippen molar-refractivity contribution in [3.05, 3.63) is 60.6 Å². The second kappa shape index (κ2) is 4.91. The van der Waals surface area contributed by atoms with Crippen molar-refractivity contribution in [2.75, 3.05) is 0 Å². The fourth-order valence-electron chi connectivity index (χ4n) is 1.21. The molecule has 0 aliphatic carbocycles. The molecule has 0 bridgehead atoms. The van der Waals surface area contributed by atoms with Crippen LogP contribution in [0.5, 0.6) is 5.75 Å². The molecule has 0 fully saturated rings. The van der Waals surface area contributed by atoms with Crippen LogP contribution >= 0.6 is 0 Å². The molecule has 0 spiro atoms. The molecule has 0 atom stereocenters. The number of fused-ring (bicyclic) bond motifs is 1. The highest BCUT2D eigenvalue weighted by Gasteiger charge is 2.01. The van der Waals surface area contributed by atoms with Crippen LogP contribution < -0.4 is 10.3 Å². The lowest BCUT2D eigenvalue weighted by Gasteiger charge is -2.11. The third-order valence-corrected chi connectivity index (χ3v) is 1.91. The fourth-order valence-corrected chi connectivity index (χ4v) is 1.21. The van der Waals surface area contributed by atoms with Gasteiger partial charge >= 0.3 is 0 Å². The molecule has 0 radical (unpaired) electrons. The number of nitrogens with one attached hydrogen (secondary N) is 2. The normalized spacial score (nSPS) is 11.5. The van der Waals surface area contributed by atoms with Gasteiger partial charge in [0.1, 0.15) is 0 Å². The highest BCUT2D eigenvalue weighted by atomic mass is 16.6. The minimum Gasteiger partial charge on any atom is -0.382 e. The number of para-hydroxylation sites is 1. The lowest BCUT2D eigenvalue weighted by atomic mass is 10.2. The average Bonchev–Trinajstić information content (AvgIpc) is 2.88. The SMILES string of the molecule is C1=Cc2ccccc2ON1.c1cc[nH]c1. The van der Waals surface area contributed by atoms with Crippen molar-refractivity contribution in [2.45, 2.75) is 0 Å². The number of H-pyrrole nitrogens is 1. The number of aromatic amines is 1. The minimum absolute atomic E-state index is 0.880.